The van der Waals surface area contributed by atoms with Gasteiger partial charge in [0.05, 0.1) is 39.1 Å². The second-order valence-electron chi connectivity index (χ2n) is 8.54. The number of aromatic nitrogens is 1. The number of methoxy groups -OCH3 is 1. The van der Waals surface area contributed by atoms with Crippen molar-refractivity contribution in [1.82, 2.24) is 4.57 Å². The topological polar surface area (TPSA) is 88.4 Å². The van der Waals surface area contributed by atoms with E-state index < -0.39 is 12.0 Å². The predicted octanol–water partition coefficient (Wildman–Crippen LogP) is 4.53. The number of benzene rings is 2. The molecule has 0 aliphatic carbocycles. The highest BCUT2D eigenvalue weighted by Crippen LogP contribution is 2.39. The van der Waals surface area contributed by atoms with Gasteiger partial charge in [0.2, 0.25) is 6.79 Å². The van der Waals surface area contributed by atoms with E-state index in [2.05, 4.69) is 45.2 Å². The molecule has 1 aromatic heterocycles. The minimum absolute atomic E-state index is 0.125. The van der Waals surface area contributed by atoms with Gasteiger partial charge in [-0.15, -0.1) is 0 Å². The van der Waals surface area contributed by atoms with E-state index in [4.69, 9.17) is 23.9 Å². The Morgan fingerprint density at radius 3 is 2.74 bits per heavy atom. The van der Waals surface area contributed by atoms with E-state index >= 15 is 0 Å². The van der Waals surface area contributed by atoms with Crippen molar-refractivity contribution in [3.8, 4) is 17.2 Å². The van der Waals surface area contributed by atoms with Crippen LogP contribution in [0.15, 0.2) is 51.4 Å². The molecule has 8 nitrogen and oxygen atoms in total. The zero-order valence-electron chi connectivity index (χ0n) is 20.9. The van der Waals surface area contributed by atoms with Gasteiger partial charge in [-0.3, -0.25) is 9.36 Å². The molecule has 0 fully saturated rings. The number of carbonyl (C=O) groups excluding carboxylic acids is 1. The molecular weight excluding hydrogens is 734 g/mol. The highest BCUT2D eigenvalue weighted by atomic mass is 127. The molecule has 3 heterocycles. The Hall–Kier alpha value is -2.39. The molecule has 0 bridgehead atoms. The van der Waals surface area contributed by atoms with E-state index in [1.807, 2.05) is 37.3 Å². The summed E-state index contributed by atoms with van der Waals surface area (Å²) in [6.45, 7) is 4.13. The fourth-order valence-corrected chi connectivity index (χ4v) is 7.68. The van der Waals surface area contributed by atoms with E-state index in [0.29, 0.717) is 44.3 Å². The summed E-state index contributed by atoms with van der Waals surface area (Å²) in [5, 5.41) is 0. The first-order valence-corrected chi connectivity index (χ1v) is 15.0. The second-order valence-corrected chi connectivity index (χ2v) is 12.0. The number of ether oxygens (including phenoxy) is 4. The summed E-state index contributed by atoms with van der Waals surface area (Å²) in [6, 6.07) is 8.75. The molecule has 0 spiro atoms. The van der Waals surface area contributed by atoms with Crippen molar-refractivity contribution >= 4 is 68.6 Å². The molecule has 198 valence electrons. The first kappa shape index (κ1) is 27.2. The van der Waals surface area contributed by atoms with Crippen LogP contribution in [-0.2, 0) is 9.53 Å². The molecule has 11 heteroatoms. The smallest absolute Gasteiger partial charge is 0.338 e. The maximum Gasteiger partial charge on any atom is 0.338 e. The number of rotatable bonds is 7. The van der Waals surface area contributed by atoms with Gasteiger partial charge in [-0.2, -0.15) is 0 Å². The average Bonchev–Trinajstić information content (AvgIpc) is 3.47. The van der Waals surface area contributed by atoms with Crippen LogP contribution in [0.25, 0.3) is 6.08 Å². The summed E-state index contributed by atoms with van der Waals surface area (Å²) in [5.41, 5.74) is 2.27. The van der Waals surface area contributed by atoms with Gasteiger partial charge >= 0.3 is 5.97 Å². The number of esters is 1. The normalized spacial score (nSPS) is 16.3. The minimum atomic E-state index is -0.721. The quantitative estimate of drug-likeness (QED) is 0.260. The van der Waals surface area contributed by atoms with Gasteiger partial charge in [0.25, 0.3) is 5.56 Å². The molecule has 0 saturated heterocycles. The summed E-state index contributed by atoms with van der Waals surface area (Å²) in [4.78, 5) is 32.7. The predicted molar refractivity (Wildman–Crippen MR) is 161 cm³/mol. The molecule has 2 aromatic carbocycles. The standard InChI is InChI=1S/C27H24I2N2O6S/c1-4-6-18-22(26(33)35-5-2)23(14-7-8-19-20(10-14)37-13-36-19)31-25(32)21(38-27(31)30-18)11-15-9-16(28)12-17(29)24(15)34-3/h7-12,23H,4-6,13H2,1-3H3/b21-11-/t23-/m0/s1. The lowest BCUT2D eigenvalue weighted by Crippen LogP contribution is -2.40. The average molecular weight is 758 g/mol. The van der Waals surface area contributed by atoms with E-state index in [-0.39, 0.29) is 19.0 Å². The van der Waals surface area contributed by atoms with Gasteiger partial charge in [0.15, 0.2) is 16.3 Å². The van der Waals surface area contributed by atoms with E-state index in [1.54, 1.807) is 24.7 Å². The number of hydrogen-bond acceptors (Lipinski definition) is 8. The molecule has 38 heavy (non-hydrogen) atoms. The van der Waals surface area contributed by atoms with Crippen molar-refractivity contribution < 1.29 is 23.7 Å². The van der Waals surface area contributed by atoms with Gasteiger partial charge in [0.1, 0.15) is 5.75 Å². The third kappa shape index (κ3) is 4.99. The van der Waals surface area contributed by atoms with E-state index in [9.17, 15) is 9.59 Å². The molecule has 0 amide bonds. The summed E-state index contributed by atoms with van der Waals surface area (Å²) in [7, 11) is 1.62. The number of halogens is 2. The van der Waals surface area contributed by atoms with Crippen molar-refractivity contribution in [2.24, 2.45) is 4.99 Å². The SMILES string of the molecule is CCCC1=C(C(=O)OCC)[C@H](c2ccc3c(c2)OCO3)n2c(s/c(=C\c3cc(I)cc(I)c3OC)c2=O)=N1. The maximum absolute atomic E-state index is 14.0. The molecule has 3 aromatic rings. The Morgan fingerprint density at radius 1 is 1.21 bits per heavy atom. The van der Waals surface area contributed by atoms with Crippen LogP contribution in [0.3, 0.4) is 0 Å². The Morgan fingerprint density at radius 2 is 2.00 bits per heavy atom. The first-order chi connectivity index (χ1) is 18.4. The number of nitrogens with zero attached hydrogens (tertiary/aromatic N) is 2. The highest BCUT2D eigenvalue weighted by molar-refractivity contribution is 14.1. The van der Waals surface area contributed by atoms with Crippen LogP contribution in [0.5, 0.6) is 17.2 Å². The van der Waals surface area contributed by atoms with Crippen LogP contribution in [0.2, 0.25) is 0 Å². The van der Waals surface area contributed by atoms with Crippen LogP contribution in [-0.4, -0.2) is 31.0 Å². The Bertz CT molecular complexity index is 1640. The van der Waals surface area contributed by atoms with Crippen LogP contribution in [0.4, 0.5) is 0 Å². The van der Waals surface area contributed by atoms with E-state index in [1.165, 1.54) is 11.3 Å². The molecule has 1 atom stereocenters. The van der Waals surface area contributed by atoms with Gasteiger partial charge < -0.3 is 18.9 Å². The third-order valence-electron chi connectivity index (χ3n) is 6.13. The fourth-order valence-electron chi connectivity index (χ4n) is 4.56. The highest BCUT2D eigenvalue weighted by Gasteiger charge is 2.35. The van der Waals surface area contributed by atoms with Crippen molar-refractivity contribution in [3.05, 3.63) is 79.6 Å². The summed E-state index contributed by atoms with van der Waals surface area (Å²) >= 11 is 5.77. The van der Waals surface area contributed by atoms with Gasteiger partial charge in [-0.05, 0) is 94.4 Å². The Balaban J connectivity index is 1.78. The minimum Gasteiger partial charge on any atom is -0.495 e. The lowest BCUT2D eigenvalue weighted by molar-refractivity contribution is -0.139. The van der Waals surface area contributed by atoms with Gasteiger partial charge in [-0.25, -0.2) is 9.79 Å². The van der Waals surface area contributed by atoms with Crippen molar-refractivity contribution in [1.29, 1.82) is 0 Å². The summed E-state index contributed by atoms with van der Waals surface area (Å²) in [6.07, 6.45) is 3.18. The van der Waals surface area contributed by atoms with E-state index in [0.717, 1.165) is 24.7 Å². The van der Waals surface area contributed by atoms with Crippen LogP contribution in [0.1, 0.15) is 43.9 Å². The maximum atomic E-state index is 14.0. The monoisotopic (exact) mass is 758 g/mol. The summed E-state index contributed by atoms with van der Waals surface area (Å²) < 4.78 is 26.3. The number of thiazole rings is 1. The number of carbonyl (C=O) groups is 1. The van der Waals surface area contributed by atoms with Crippen molar-refractivity contribution in [3.63, 3.8) is 0 Å². The van der Waals surface area contributed by atoms with Crippen LogP contribution < -0.4 is 29.1 Å². The fraction of sp³-hybridized carbons (Fsp3) is 0.296. The molecule has 0 N–H and O–H groups in total. The molecule has 0 saturated carbocycles. The molecule has 2 aliphatic heterocycles. The van der Waals surface area contributed by atoms with Crippen molar-refractivity contribution in [2.45, 2.75) is 32.7 Å². The van der Waals surface area contributed by atoms with Crippen LogP contribution >= 0.6 is 56.5 Å². The first-order valence-electron chi connectivity index (χ1n) is 12.0. The van der Waals surface area contributed by atoms with Gasteiger partial charge in [0, 0.05) is 9.13 Å². The molecule has 2 aliphatic rings. The molecular formula is C27H24I2N2O6S. The lowest BCUT2D eigenvalue weighted by atomic mass is 9.94. The van der Waals surface area contributed by atoms with Gasteiger partial charge in [-0.1, -0.05) is 30.7 Å². The number of fused-ring (bicyclic) bond motifs is 2. The zero-order valence-corrected chi connectivity index (χ0v) is 26.0. The lowest BCUT2D eigenvalue weighted by Gasteiger charge is -2.25. The number of allylic oxidation sites excluding steroid dienone is 1. The Kier molecular flexibility index (Phi) is 8.14. The zero-order chi connectivity index (χ0) is 27.0. The molecule has 5 rings (SSSR count). The molecule has 0 unspecified atom stereocenters. The van der Waals surface area contributed by atoms with Crippen molar-refractivity contribution in [2.75, 3.05) is 20.5 Å². The number of hydrogen-bond donors (Lipinski definition) is 0. The van der Waals surface area contributed by atoms with Crippen LogP contribution in [0, 0.1) is 7.14 Å². The second kappa shape index (κ2) is 11.4. The molecule has 0 radical (unpaired) electrons. The summed E-state index contributed by atoms with van der Waals surface area (Å²) in [5.74, 6) is 1.41. The largest absolute Gasteiger partial charge is 0.495 e. The Labute approximate surface area is 250 Å². The third-order valence-corrected chi connectivity index (χ3v) is 8.54.